The van der Waals surface area contributed by atoms with Gasteiger partial charge >= 0.3 is 0 Å². The summed E-state index contributed by atoms with van der Waals surface area (Å²) in [5.41, 5.74) is 2.93. The van der Waals surface area contributed by atoms with Crippen molar-refractivity contribution >= 4 is 17.5 Å². The normalized spacial score (nSPS) is 14.9. The molecule has 0 unspecified atom stereocenters. The van der Waals surface area contributed by atoms with Crippen LogP contribution < -0.4 is 0 Å². The van der Waals surface area contributed by atoms with E-state index in [1.807, 2.05) is 37.3 Å². The number of amides is 1. The molecule has 0 bridgehead atoms. The summed E-state index contributed by atoms with van der Waals surface area (Å²) in [5.74, 6) is -0.732. The zero-order valence-corrected chi connectivity index (χ0v) is 16.9. The van der Waals surface area contributed by atoms with Crippen LogP contribution in [0.2, 0.25) is 5.15 Å². The molecule has 0 saturated carbocycles. The maximum absolute atomic E-state index is 13.9. The Balaban J connectivity index is 1.42. The average Bonchev–Trinajstić information content (AvgIpc) is 3.03. The second-order valence-corrected chi connectivity index (χ2v) is 7.51. The lowest BCUT2D eigenvalue weighted by atomic mass is 10.1. The van der Waals surface area contributed by atoms with Crippen LogP contribution in [0.15, 0.2) is 54.6 Å². The van der Waals surface area contributed by atoms with Gasteiger partial charge in [-0.2, -0.15) is 5.10 Å². The molecule has 29 heavy (non-hydrogen) atoms. The molecule has 0 radical (unpaired) electrons. The number of aromatic nitrogens is 2. The van der Waals surface area contributed by atoms with Crippen molar-refractivity contribution in [3.63, 3.8) is 0 Å². The van der Waals surface area contributed by atoms with Crippen molar-refractivity contribution in [3.05, 3.63) is 82.4 Å². The van der Waals surface area contributed by atoms with E-state index in [1.165, 1.54) is 12.1 Å². The molecule has 0 N–H and O–H groups in total. The van der Waals surface area contributed by atoms with Gasteiger partial charge in [-0.15, -0.1) is 0 Å². The first-order chi connectivity index (χ1) is 14.0. The molecule has 4 rings (SSSR count). The minimum atomic E-state index is -0.476. The maximum atomic E-state index is 13.9. The lowest BCUT2D eigenvalue weighted by molar-refractivity contribution is 0.0623. The molecule has 150 valence electrons. The van der Waals surface area contributed by atoms with Crippen molar-refractivity contribution < 1.29 is 9.18 Å². The molecule has 2 heterocycles. The fourth-order valence-electron chi connectivity index (χ4n) is 3.59. The Labute approximate surface area is 174 Å². The summed E-state index contributed by atoms with van der Waals surface area (Å²) in [6.45, 7) is 5.13. The quantitative estimate of drug-likeness (QED) is 0.652. The van der Waals surface area contributed by atoms with Crippen molar-refractivity contribution in [2.45, 2.75) is 13.5 Å². The second-order valence-electron chi connectivity index (χ2n) is 7.15. The Hall–Kier alpha value is -2.70. The van der Waals surface area contributed by atoms with Crippen LogP contribution in [0.4, 0.5) is 4.39 Å². The Morgan fingerprint density at radius 1 is 1.03 bits per heavy atom. The molecule has 7 heteroatoms. The zero-order chi connectivity index (χ0) is 20.4. The summed E-state index contributed by atoms with van der Waals surface area (Å²) >= 11 is 6.63. The minimum absolute atomic E-state index is 0.129. The number of carbonyl (C=O) groups excluding carboxylic acids is 1. The molecule has 1 aromatic heterocycles. The molecule has 1 amide bonds. The molecular formula is C22H22ClFN4O. The number of halogens is 2. The molecule has 1 fully saturated rings. The van der Waals surface area contributed by atoms with E-state index in [0.717, 1.165) is 16.9 Å². The molecule has 1 aliphatic heterocycles. The molecular weight excluding hydrogens is 391 g/mol. The molecule has 0 aliphatic carbocycles. The highest BCUT2D eigenvalue weighted by molar-refractivity contribution is 6.30. The van der Waals surface area contributed by atoms with Crippen LogP contribution in [0.5, 0.6) is 0 Å². The molecule has 3 aromatic rings. The van der Waals surface area contributed by atoms with Crippen LogP contribution in [0.1, 0.15) is 21.6 Å². The Morgan fingerprint density at radius 2 is 1.69 bits per heavy atom. The Morgan fingerprint density at radius 3 is 2.38 bits per heavy atom. The fraction of sp³-hybridized carbons (Fsp3) is 0.273. The highest BCUT2D eigenvalue weighted by atomic mass is 35.5. The highest BCUT2D eigenvalue weighted by Gasteiger charge is 2.25. The first-order valence-corrected chi connectivity index (χ1v) is 9.98. The van der Waals surface area contributed by atoms with Gasteiger partial charge in [0.2, 0.25) is 0 Å². The van der Waals surface area contributed by atoms with Gasteiger partial charge in [-0.1, -0.05) is 41.9 Å². The summed E-state index contributed by atoms with van der Waals surface area (Å²) in [5, 5.41) is 5.20. The van der Waals surface area contributed by atoms with Gasteiger partial charge in [-0.05, 0) is 31.2 Å². The lowest BCUT2D eigenvalue weighted by Crippen LogP contribution is -2.48. The van der Waals surface area contributed by atoms with Gasteiger partial charge in [0.15, 0.2) is 0 Å². The van der Waals surface area contributed by atoms with Crippen LogP contribution >= 0.6 is 11.6 Å². The Bertz CT molecular complexity index is 1010. The van der Waals surface area contributed by atoms with Gasteiger partial charge in [0.25, 0.3) is 5.91 Å². The van der Waals surface area contributed by atoms with Crippen molar-refractivity contribution in [1.82, 2.24) is 19.6 Å². The first-order valence-electron chi connectivity index (χ1n) is 9.60. The van der Waals surface area contributed by atoms with Gasteiger partial charge in [0.1, 0.15) is 11.0 Å². The number of benzene rings is 2. The van der Waals surface area contributed by atoms with E-state index in [2.05, 4.69) is 10.00 Å². The average molecular weight is 413 g/mol. The molecule has 0 spiro atoms. The van der Waals surface area contributed by atoms with Crippen molar-refractivity contribution in [2.24, 2.45) is 0 Å². The van der Waals surface area contributed by atoms with E-state index >= 15 is 0 Å². The molecule has 1 saturated heterocycles. The van der Waals surface area contributed by atoms with Gasteiger partial charge in [-0.25, -0.2) is 9.07 Å². The van der Waals surface area contributed by atoms with Crippen molar-refractivity contribution in [2.75, 3.05) is 26.2 Å². The number of nitrogens with zero attached hydrogens (tertiary/aromatic N) is 4. The SMILES string of the molecule is Cc1nn(-c2ccccc2)c(Cl)c1CN1CCN(C(=O)c2ccccc2F)CC1. The van der Waals surface area contributed by atoms with Crippen molar-refractivity contribution in [1.29, 1.82) is 0 Å². The smallest absolute Gasteiger partial charge is 0.256 e. The Kier molecular flexibility index (Phi) is 5.65. The number of hydrogen-bond acceptors (Lipinski definition) is 3. The number of aryl methyl sites for hydroxylation is 1. The first kappa shape index (κ1) is 19.6. The predicted molar refractivity (Wildman–Crippen MR) is 111 cm³/mol. The maximum Gasteiger partial charge on any atom is 0.256 e. The number of rotatable bonds is 4. The van der Waals surface area contributed by atoms with Crippen LogP contribution in [0.3, 0.4) is 0 Å². The number of carbonyl (C=O) groups is 1. The van der Waals surface area contributed by atoms with Gasteiger partial charge in [0, 0.05) is 38.3 Å². The number of hydrogen-bond donors (Lipinski definition) is 0. The van der Waals surface area contributed by atoms with Gasteiger partial charge in [0.05, 0.1) is 16.9 Å². The van der Waals surface area contributed by atoms with Gasteiger partial charge in [-0.3, -0.25) is 9.69 Å². The third-order valence-electron chi connectivity index (χ3n) is 5.27. The number of para-hydroxylation sites is 1. The van der Waals surface area contributed by atoms with E-state index < -0.39 is 5.82 Å². The third kappa shape index (κ3) is 4.04. The van der Waals surface area contributed by atoms with Crippen LogP contribution in [-0.2, 0) is 6.54 Å². The molecule has 2 aromatic carbocycles. The van der Waals surface area contributed by atoms with E-state index in [4.69, 9.17) is 11.6 Å². The van der Waals surface area contributed by atoms with E-state index in [9.17, 15) is 9.18 Å². The summed E-state index contributed by atoms with van der Waals surface area (Å²) < 4.78 is 15.7. The standard InChI is InChI=1S/C22H22ClFN4O/c1-16-19(21(23)28(25-16)17-7-3-2-4-8-17)15-26-11-13-27(14-12-26)22(29)18-9-5-6-10-20(18)24/h2-10H,11-15H2,1H3. The van der Waals surface area contributed by atoms with Gasteiger partial charge < -0.3 is 4.90 Å². The second kappa shape index (κ2) is 8.35. The number of piperazine rings is 1. The zero-order valence-electron chi connectivity index (χ0n) is 16.2. The summed E-state index contributed by atoms with van der Waals surface area (Å²) in [7, 11) is 0. The molecule has 5 nitrogen and oxygen atoms in total. The van der Waals surface area contributed by atoms with E-state index in [-0.39, 0.29) is 11.5 Å². The monoisotopic (exact) mass is 412 g/mol. The van der Waals surface area contributed by atoms with Crippen molar-refractivity contribution in [3.8, 4) is 5.69 Å². The topological polar surface area (TPSA) is 41.4 Å². The predicted octanol–water partition coefficient (Wildman–Crippen LogP) is 3.93. The third-order valence-corrected chi connectivity index (χ3v) is 5.66. The summed E-state index contributed by atoms with van der Waals surface area (Å²) in [4.78, 5) is 16.5. The van der Waals surface area contributed by atoms with Crippen LogP contribution in [0, 0.1) is 12.7 Å². The molecule has 1 aliphatic rings. The summed E-state index contributed by atoms with van der Waals surface area (Å²) in [6.07, 6.45) is 0. The van der Waals surface area contributed by atoms with E-state index in [1.54, 1.807) is 21.7 Å². The molecule has 0 atom stereocenters. The van der Waals surface area contributed by atoms with E-state index in [0.29, 0.717) is 37.9 Å². The minimum Gasteiger partial charge on any atom is -0.336 e. The summed E-state index contributed by atoms with van der Waals surface area (Å²) in [6, 6.07) is 15.9. The lowest BCUT2D eigenvalue weighted by Gasteiger charge is -2.34. The fourth-order valence-corrected chi connectivity index (χ4v) is 3.92. The van der Waals surface area contributed by atoms with Crippen LogP contribution in [-0.4, -0.2) is 51.7 Å². The largest absolute Gasteiger partial charge is 0.336 e. The highest BCUT2D eigenvalue weighted by Crippen LogP contribution is 2.25. The van der Waals surface area contributed by atoms with Crippen LogP contribution in [0.25, 0.3) is 5.69 Å².